The molecule has 19 heavy (non-hydrogen) atoms. The van der Waals surface area contributed by atoms with Crippen molar-refractivity contribution in [2.45, 2.75) is 32.9 Å². The number of benzene rings is 1. The average Bonchev–Trinajstić information content (AvgIpc) is 2.36. The van der Waals surface area contributed by atoms with Crippen LogP contribution in [0.25, 0.3) is 0 Å². The predicted molar refractivity (Wildman–Crippen MR) is 70.2 cm³/mol. The molecule has 1 aromatic carbocycles. The van der Waals surface area contributed by atoms with Crippen molar-refractivity contribution in [3.8, 4) is 0 Å². The van der Waals surface area contributed by atoms with Gasteiger partial charge in [-0.2, -0.15) is 0 Å². The summed E-state index contributed by atoms with van der Waals surface area (Å²) >= 11 is 0. The molecule has 0 radical (unpaired) electrons. The van der Waals surface area contributed by atoms with Crippen molar-refractivity contribution in [3.05, 3.63) is 35.9 Å². The summed E-state index contributed by atoms with van der Waals surface area (Å²) in [5.74, 6) is -0.503. The minimum absolute atomic E-state index is 0.152. The van der Waals surface area contributed by atoms with E-state index in [0.29, 0.717) is 0 Å². The normalized spacial score (nSPS) is 13.7. The van der Waals surface area contributed by atoms with Crippen LogP contribution in [-0.4, -0.2) is 18.0 Å². The number of hydrogen-bond acceptors (Lipinski definition) is 3. The molecular formula is C14H19N2O3-. The highest BCUT2D eigenvalue weighted by atomic mass is 16.4. The minimum atomic E-state index is -1.44. The Morgan fingerprint density at radius 2 is 1.63 bits per heavy atom. The molecule has 0 bridgehead atoms. The predicted octanol–water partition coefficient (Wildman–Crippen LogP) is 0.821. The van der Waals surface area contributed by atoms with E-state index in [9.17, 15) is 14.7 Å². The molecule has 1 aromatic rings. The van der Waals surface area contributed by atoms with Gasteiger partial charge >= 0.3 is 0 Å². The Bertz CT molecular complexity index is 432. The summed E-state index contributed by atoms with van der Waals surface area (Å²) < 4.78 is 0. The SMILES string of the molecule is CC(NC(=O)C(NC(=O)[O-])C(C)C)c1ccccc1. The van der Waals surface area contributed by atoms with Crippen LogP contribution in [0.1, 0.15) is 32.4 Å². The third kappa shape index (κ3) is 4.62. The molecule has 104 valence electrons. The zero-order valence-corrected chi connectivity index (χ0v) is 11.3. The van der Waals surface area contributed by atoms with Gasteiger partial charge in [0.25, 0.3) is 0 Å². The van der Waals surface area contributed by atoms with Crippen LogP contribution < -0.4 is 15.7 Å². The lowest BCUT2D eigenvalue weighted by molar-refractivity contribution is -0.252. The first-order chi connectivity index (χ1) is 8.91. The summed E-state index contributed by atoms with van der Waals surface area (Å²) in [6.07, 6.45) is -1.44. The van der Waals surface area contributed by atoms with Crippen molar-refractivity contribution >= 4 is 12.0 Å². The smallest absolute Gasteiger partial charge is 0.243 e. The second kappa shape index (κ2) is 6.78. The van der Waals surface area contributed by atoms with Crippen molar-refractivity contribution in [3.63, 3.8) is 0 Å². The largest absolute Gasteiger partial charge is 0.530 e. The highest BCUT2D eigenvalue weighted by Crippen LogP contribution is 2.12. The van der Waals surface area contributed by atoms with Crippen molar-refractivity contribution < 1.29 is 14.7 Å². The first kappa shape index (κ1) is 15.0. The van der Waals surface area contributed by atoms with E-state index in [1.807, 2.05) is 37.3 Å². The third-order valence-corrected chi connectivity index (χ3v) is 2.88. The lowest BCUT2D eigenvalue weighted by atomic mass is 10.0. The van der Waals surface area contributed by atoms with E-state index in [1.54, 1.807) is 13.8 Å². The Kier molecular flexibility index (Phi) is 5.36. The number of carbonyl (C=O) groups is 2. The molecule has 0 saturated carbocycles. The van der Waals surface area contributed by atoms with Crippen LogP contribution in [0.2, 0.25) is 0 Å². The third-order valence-electron chi connectivity index (χ3n) is 2.88. The van der Waals surface area contributed by atoms with Gasteiger partial charge in [-0.3, -0.25) is 4.79 Å². The van der Waals surface area contributed by atoms with Gasteiger partial charge in [-0.1, -0.05) is 44.2 Å². The standard InChI is InChI=1S/C14H20N2O3/c1-9(2)12(16-14(18)19)13(17)15-10(3)11-7-5-4-6-8-11/h4-10,12,16H,1-3H3,(H,15,17)(H,18,19)/p-1. The molecule has 0 aliphatic carbocycles. The maximum absolute atomic E-state index is 12.0. The minimum Gasteiger partial charge on any atom is -0.530 e. The quantitative estimate of drug-likeness (QED) is 0.825. The second-order valence-electron chi connectivity index (χ2n) is 4.79. The topological polar surface area (TPSA) is 81.3 Å². The molecule has 2 N–H and O–H groups in total. The Labute approximate surface area is 113 Å². The lowest BCUT2D eigenvalue weighted by Crippen LogP contribution is -2.53. The van der Waals surface area contributed by atoms with Crippen LogP contribution >= 0.6 is 0 Å². The molecule has 2 atom stereocenters. The van der Waals surface area contributed by atoms with Crippen LogP contribution in [0.4, 0.5) is 4.79 Å². The maximum Gasteiger partial charge on any atom is 0.243 e. The van der Waals surface area contributed by atoms with E-state index >= 15 is 0 Å². The Morgan fingerprint density at radius 3 is 2.11 bits per heavy atom. The Hall–Kier alpha value is -2.04. The molecule has 0 aliphatic heterocycles. The summed E-state index contributed by atoms with van der Waals surface area (Å²) in [5.41, 5.74) is 0.965. The average molecular weight is 263 g/mol. The Morgan fingerprint density at radius 1 is 1.05 bits per heavy atom. The van der Waals surface area contributed by atoms with Gasteiger partial charge in [0.2, 0.25) is 5.91 Å². The van der Waals surface area contributed by atoms with Crippen LogP contribution in [-0.2, 0) is 4.79 Å². The van der Waals surface area contributed by atoms with Crippen LogP contribution in [0.5, 0.6) is 0 Å². The van der Waals surface area contributed by atoms with E-state index < -0.39 is 12.1 Å². The van der Waals surface area contributed by atoms with E-state index in [2.05, 4.69) is 10.6 Å². The zero-order chi connectivity index (χ0) is 14.4. The van der Waals surface area contributed by atoms with E-state index in [4.69, 9.17) is 0 Å². The van der Waals surface area contributed by atoms with Crippen molar-refractivity contribution in [2.24, 2.45) is 5.92 Å². The van der Waals surface area contributed by atoms with Gasteiger partial charge in [-0.25, -0.2) is 0 Å². The monoisotopic (exact) mass is 263 g/mol. The highest BCUT2D eigenvalue weighted by Gasteiger charge is 2.23. The van der Waals surface area contributed by atoms with Crippen LogP contribution in [0.15, 0.2) is 30.3 Å². The van der Waals surface area contributed by atoms with E-state index in [-0.39, 0.29) is 17.9 Å². The van der Waals surface area contributed by atoms with Gasteiger partial charge in [0.05, 0.1) is 6.04 Å². The van der Waals surface area contributed by atoms with Crippen molar-refractivity contribution in [2.75, 3.05) is 0 Å². The number of nitrogens with one attached hydrogen (secondary N) is 2. The second-order valence-corrected chi connectivity index (χ2v) is 4.79. The fourth-order valence-electron chi connectivity index (χ4n) is 1.79. The van der Waals surface area contributed by atoms with E-state index in [1.165, 1.54) is 0 Å². The molecule has 0 fully saturated rings. The van der Waals surface area contributed by atoms with Gasteiger partial charge in [-0.15, -0.1) is 0 Å². The molecule has 0 spiro atoms. The molecule has 0 heterocycles. The van der Waals surface area contributed by atoms with Crippen molar-refractivity contribution in [1.29, 1.82) is 0 Å². The molecule has 1 rings (SSSR count). The number of rotatable bonds is 5. The molecule has 0 aromatic heterocycles. The fraction of sp³-hybridized carbons (Fsp3) is 0.429. The van der Waals surface area contributed by atoms with Crippen LogP contribution in [0.3, 0.4) is 0 Å². The number of amides is 2. The molecular weight excluding hydrogens is 244 g/mol. The lowest BCUT2D eigenvalue weighted by Gasteiger charge is -2.25. The number of carboxylic acid groups (broad SMARTS) is 1. The molecule has 5 heteroatoms. The van der Waals surface area contributed by atoms with Gasteiger partial charge in [0.1, 0.15) is 12.1 Å². The summed E-state index contributed by atoms with van der Waals surface area (Å²) in [6, 6.07) is 8.49. The van der Waals surface area contributed by atoms with Gasteiger partial charge in [0, 0.05) is 0 Å². The first-order valence-electron chi connectivity index (χ1n) is 6.24. The molecule has 2 amide bonds. The van der Waals surface area contributed by atoms with Gasteiger partial charge in [-0.05, 0) is 18.4 Å². The zero-order valence-electron chi connectivity index (χ0n) is 11.3. The maximum atomic E-state index is 12.0. The van der Waals surface area contributed by atoms with Crippen molar-refractivity contribution in [1.82, 2.24) is 10.6 Å². The summed E-state index contributed by atoms with van der Waals surface area (Å²) in [5, 5.41) is 15.5. The summed E-state index contributed by atoms with van der Waals surface area (Å²) in [7, 11) is 0. The van der Waals surface area contributed by atoms with Crippen LogP contribution in [0, 0.1) is 5.92 Å². The van der Waals surface area contributed by atoms with E-state index in [0.717, 1.165) is 5.56 Å². The molecule has 0 aliphatic rings. The fourth-order valence-corrected chi connectivity index (χ4v) is 1.79. The molecule has 2 unspecified atom stereocenters. The molecule has 5 nitrogen and oxygen atoms in total. The first-order valence-corrected chi connectivity index (χ1v) is 6.24. The van der Waals surface area contributed by atoms with Gasteiger partial charge in [0.15, 0.2) is 0 Å². The van der Waals surface area contributed by atoms with Gasteiger partial charge < -0.3 is 20.5 Å². The Balaban J connectivity index is 2.69. The molecule has 0 saturated heterocycles. The summed E-state index contributed by atoms with van der Waals surface area (Å²) in [6.45, 7) is 5.39. The number of carbonyl (C=O) groups excluding carboxylic acids is 2. The highest BCUT2D eigenvalue weighted by molar-refractivity contribution is 5.85. The summed E-state index contributed by atoms with van der Waals surface area (Å²) in [4.78, 5) is 22.6. The number of hydrogen-bond donors (Lipinski definition) is 2.